The summed E-state index contributed by atoms with van der Waals surface area (Å²) in [6, 6.07) is 3.70. The van der Waals surface area contributed by atoms with E-state index >= 15 is 0 Å². The van der Waals surface area contributed by atoms with Crippen molar-refractivity contribution in [2.24, 2.45) is 7.05 Å². The first kappa shape index (κ1) is 13.7. The lowest BCUT2D eigenvalue weighted by Gasteiger charge is -2.11. The van der Waals surface area contributed by atoms with E-state index in [4.69, 9.17) is 0 Å². The highest BCUT2D eigenvalue weighted by molar-refractivity contribution is 6.06. The van der Waals surface area contributed by atoms with Gasteiger partial charge in [0.1, 0.15) is 0 Å². The van der Waals surface area contributed by atoms with Gasteiger partial charge < -0.3 is 9.55 Å². The normalized spacial score (nSPS) is 12.5. The summed E-state index contributed by atoms with van der Waals surface area (Å²) < 4.78 is 41.2. The molecule has 0 saturated carbocycles. The van der Waals surface area contributed by atoms with Crippen LogP contribution in [0.15, 0.2) is 23.0 Å². The zero-order valence-electron chi connectivity index (χ0n) is 11.7. The fourth-order valence-corrected chi connectivity index (χ4v) is 2.81. The number of hydrogen-bond acceptors (Lipinski definition) is 1. The Balaban J connectivity index is 2.61. The molecule has 0 radical (unpaired) electrons. The zero-order valence-corrected chi connectivity index (χ0v) is 11.7. The van der Waals surface area contributed by atoms with Crippen LogP contribution in [-0.2, 0) is 13.2 Å². The molecule has 0 bridgehead atoms. The maximum atomic E-state index is 13.1. The van der Waals surface area contributed by atoms with Gasteiger partial charge in [-0.1, -0.05) is 12.1 Å². The van der Waals surface area contributed by atoms with Gasteiger partial charge in [0.15, 0.2) is 0 Å². The van der Waals surface area contributed by atoms with E-state index in [1.807, 2.05) is 18.4 Å². The van der Waals surface area contributed by atoms with Crippen molar-refractivity contribution in [3.05, 3.63) is 45.4 Å². The average Bonchev–Trinajstić information content (AvgIpc) is 2.62. The van der Waals surface area contributed by atoms with Crippen LogP contribution in [0.3, 0.4) is 0 Å². The Morgan fingerprint density at radius 3 is 2.38 bits per heavy atom. The summed E-state index contributed by atoms with van der Waals surface area (Å²) in [7, 11) is 1.78. The number of alkyl halides is 3. The monoisotopic (exact) mass is 294 g/mol. The summed E-state index contributed by atoms with van der Waals surface area (Å²) in [6.07, 6.45) is -4.56. The number of nitrogens with one attached hydrogen (secondary N) is 1. The third kappa shape index (κ3) is 1.86. The Morgan fingerprint density at radius 1 is 1.14 bits per heavy atom. The van der Waals surface area contributed by atoms with Gasteiger partial charge in [-0.2, -0.15) is 13.2 Å². The molecule has 3 nitrogen and oxygen atoms in total. The SMILES string of the molecule is Cc1c(C)n(C)c2c1ccc1c(C(F)(F)F)cc(=O)[nH]c12. The molecule has 0 aliphatic heterocycles. The highest BCUT2D eigenvalue weighted by atomic mass is 19.4. The average molecular weight is 294 g/mol. The quantitative estimate of drug-likeness (QED) is 0.675. The number of aromatic amines is 1. The summed E-state index contributed by atoms with van der Waals surface area (Å²) in [4.78, 5) is 14.2. The van der Waals surface area contributed by atoms with Crippen LogP contribution < -0.4 is 5.56 Å². The van der Waals surface area contributed by atoms with Crippen molar-refractivity contribution in [2.45, 2.75) is 20.0 Å². The van der Waals surface area contributed by atoms with Crippen molar-refractivity contribution in [3.63, 3.8) is 0 Å². The standard InChI is InChI=1S/C15H13F3N2O/c1-7-8(2)20(3)14-9(7)4-5-10-11(15(16,17)18)6-12(21)19-13(10)14/h4-6H,1-3H3,(H,19,21). The summed E-state index contributed by atoms with van der Waals surface area (Å²) in [6.45, 7) is 3.81. The van der Waals surface area contributed by atoms with E-state index in [0.29, 0.717) is 11.6 Å². The largest absolute Gasteiger partial charge is 0.417 e. The minimum atomic E-state index is -4.56. The number of hydrogen-bond donors (Lipinski definition) is 1. The lowest BCUT2D eigenvalue weighted by atomic mass is 10.0. The molecule has 21 heavy (non-hydrogen) atoms. The number of fused-ring (bicyclic) bond motifs is 3. The molecule has 0 saturated heterocycles. The van der Waals surface area contributed by atoms with E-state index in [9.17, 15) is 18.0 Å². The van der Waals surface area contributed by atoms with Crippen molar-refractivity contribution in [3.8, 4) is 0 Å². The van der Waals surface area contributed by atoms with E-state index < -0.39 is 17.3 Å². The molecule has 2 aromatic heterocycles. The number of aromatic nitrogens is 2. The lowest BCUT2D eigenvalue weighted by Crippen LogP contribution is -2.14. The van der Waals surface area contributed by atoms with Crippen molar-refractivity contribution in [1.82, 2.24) is 9.55 Å². The van der Waals surface area contributed by atoms with Gasteiger partial charge in [0.25, 0.3) is 0 Å². The van der Waals surface area contributed by atoms with E-state index in [1.165, 1.54) is 6.07 Å². The first-order valence-electron chi connectivity index (χ1n) is 6.40. The van der Waals surface area contributed by atoms with E-state index in [1.54, 1.807) is 13.1 Å². The van der Waals surface area contributed by atoms with Crippen LogP contribution in [0.5, 0.6) is 0 Å². The number of halogens is 3. The van der Waals surface area contributed by atoms with E-state index in [0.717, 1.165) is 16.6 Å². The lowest BCUT2D eigenvalue weighted by molar-refractivity contribution is -0.136. The van der Waals surface area contributed by atoms with Gasteiger partial charge >= 0.3 is 6.18 Å². The summed E-state index contributed by atoms with van der Waals surface area (Å²) in [5.41, 5.74) is 1.14. The van der Waals surface area contributed by atoms with Gasteiger partial charge in [0.05, 0.1) is 16.6 Å². The number of benzene rings is 1. The Bertz CT molecular complexity index is 932. The van der Waals surface area contributed by atoms with Crippen molar-refractivity contribution in [2.75, 3.05) is 0 Å². The van der Waals surface area contributed by atoms with Crippen LogP contribution in [0.1, 0.15) is 16.8 Å². The molecule has 0 aliphatic carbocycles. The maximum absolute atomic E-state index is 13.1. The predicted molar refractivity (Wildman–Crippen MR) is 75.5 cm³/mol. The Labute approximate surface area is 118 Å². The molecule has 0 spiro atoms. The van der Waals surface area contributed by atoms with Crippen molar-refractivity contribution in [1.29, 1.82) is 0 Å². The van der Waals surface area contributed by atoms with Crippen LogP contribution in [0, 0.1) is 13.8 Å². The third-order valence-electron chi connectivity index (χ3n) is 4.08. The van der Waals surface area contributed by atoms with Gasteiger partial charge in [-0.25, -0.2) is 0 Å². The molecule has 110 valence electrons. The topological polar surface area (TPSA) is 37.8 Å². The predicted octanol–water partition coefficient (Wildman–Crippen LogP) is 3.66. The van der Waals surface area contributed by atoms with E-state index in [-0.39, 0.29) is 10.9 Å². The van der Waals surface area contributed by atoms with Gasteiger partial charge in [0, 0.05) is 29.6 Å². The Hall–Kier alpha value is -2.24. The number of aryl methyl sites for hydroxylation is 2. The molecule has 2 heterocycles. The van der Waals surface area contributed by atoms with Gasteiger partial charge in [-0.15, -0.1) is 0 Å². The first-order valence-corrected chi connectivity index (χ1v) is 6.40. The first-order chi connectivity index (χ1) is 9.71. The second-order valence-electron chi connectivity index (χ2n) is 5.20. The van der Waals surface area contributed by atoms with Gasteiger partial charge in [-0.05, 0) is 19.4 Å². The molecule has 0 fully saturated rings. The molecular formula is C15H13F3N2O. The molecule has 3 aromatic rings. The molecule has 6 heteroatoms. The highest BCUT2D eigenvalue weighted by Gasteiger charge is 2.33. The molecule has 1 aromatic carbocycles. The summed E-state index contributed by atoms with van der Waals surface area (Å²) in [5, 5.41) is 0.854. The second-order valence-corrected chi connectivity index (χ2v) is 5.20. The fraction of sp³-hybridized carbons (Fsp3) is 0.267. The molecule has 0 unspecified atom stereocenters. The van der Waals surface area contributed by atoms with Crippen LogP contribution >= 0.6 is 0 Å². The molecular weight excluding hydrogens is 281 g/mol. The molecule has 0 amide bonds. The van der Waals surface area contributed by atoms with Crippen LogP contribution in [-0.4, -0.2) is 9.55 Å². The van der Waals surface area contributed by atoms with Crippen LogP contribution in [0.4, 0.5) is 13.2 Å². The van der Waals surface area contributed by atoms with E-state index in [2.05, 4.69) is 4.98 Å². The Morgan fingerprint density at radius 2 is 1.76 bits per heavy atom. The molecule has 3 rings (SSSR count). The highest BCUT2D eigenvalue weighted by Crippen LogP contribution is 2.36. The van der Waals surface area contributed by atoms with Crippen molar-refractivity contribution >= 4 is 21.8 Å². The van der Waals surface area contributed by atoms with Crippen molar-refractivity contribution < 1.29 is 13.2 Å². The smallest absolute Gasteiger partial charge is 0.346 e. The summed E-state index contributed by atoms with van der Waals surface area (Å²) in [5.74, 6) is 0. The number of nitrogens with zero attached hydrogens (tertiary/aromatic N) is 1. The van der Waals surface area contributed by atoms with Gasteiger partial charge in [-0.3, -0.25) is 4.79 Å². The zero-order chi connectivity index (χ0) is 15.5. The van der Waals surface area contributed by atoms with Gasteiger partial charge in [0.2, 0.25) is 5.56 Å². The molecule has 0 atom stereocenters. The summed E-state index contributed by atoms with van der Waals surface area (Å²) >= 11 is 0. The fourth-order valence-electron chi connectivity index (χ4n) is 2.81. The Kier molecular flexibility index (Phi) is 2.70. The number of rotatable bonds is 0. The second kappa shape index (κ2) is 4.13. The third-order valence-corrected chi connectivity index (χ3v) is 4.08. The van der Waals surface area contributed by atoms with Crippen LogP contribution in [0.25, 0.3) is 21.8 Å². The number of H-pyrrole nitrogens is 1. The minimum Gasteiger partial charge on any atom is -0.346 e. The minimum absolute atomic E-state index is 0.00944. The molecule has 1 N–H and O–H groups in total. The molecule has 0 aliphatic rings. The van der Waals surface area contributed by atoms with Crippen LogP contribution in [0.2, 0.25) is 0 Å². The number of pyridine rings is 1. The maximum Gasteiger partial charge on any atom is 0.417 e.